The van der Waals surface area contributed by atoms with E-state index in [0.29, 0.717) is 10.0 Å². The van der Waals surface area contributed by atoms with Crippen LogP contribution in [0.25, 0.3) is 0 Å². The zero-order chi connectivity index (χ0) is 14.7. The molecule has 0 aliphatic carbocycles. The van der Waals surface area contributed by atoms with E-state index in [2.05, 4.69) is 5.43 Å². The minimum absolute atomic E-state index is 0.248. The van der Waals surface area contributed by atoms with Crippen molar-refractivity contribution < 1.29 is 4.74 Å². The molecule has 0 bridgehead atoms. The number of ether oxygens (including phenoxy) is 1. The maximum atomic E-state index is 6.08. The second kappa shape index (κ2) is 6.46. The molecular formula is C15H16Cl2N2O. The molecule has 0 aromatic heterocycles. The summed E-state index contributed by atoms with van der Waals surface area (Å²) in [6.07, 6.45) is 0. The lowest BCUT2D eigenvalue weighted by Gasteiger charge is -2.21. The zero-order valence-corrected chi connectivity index (χ0v) is 12.8. The van der Waals surface area contributed by atoms with Gasteiger partial charge in [-0.3, -0.25) is 5.84 Å². The van der Waals surface area contributed by atoms with Gasteiger partial charge in [0.15, 0.2) is 0 Å². The summed E-state index contributed by atoms with van der Waals surface area (Å²) < 4.78 is 5.39. The van der Waals surface area contributed by atoms with E-state index in [1.807, 2.05) is 37.3 Å². The molecule has 0 aliphatic heterocycles. The van der Waals surface area contributed by atoms with Crippen LogP contribution in [0.5, 0.6) is 5.75 Å². The van der Waals surface area contributed by atoms with Gasteiger partial charge in [0.2, 0.25) is 0 Å². The average molecular weight is 311 g/mol. The Kier molecular flexibility index (Phi) is 4.89. The third-order valence-electron chi connectivity index (χ3n) is 3.22. The molecule has 0 saturated carbocycles. The molecule has 0 spiro atoms. The SMILES string of the molecule is COc1ccc(Cl)cc1C(NN)c1cc(Cl)ccc1C. The fourth-order valence-corrected chi connectivity index (χ4v) is 2.56. The van der Waals surface area contributed by atoms with Crippen molar-refractivity contribution in [2.24, 2.45) is 5.84 Å². The monoisotopic (exact) mass is 310 g/mol. The fraction of sp³-hybridized carbons (Fsp3) is 0.200. The third kappa shape index (κ3) is 3.07. The molecular weight excluding hydrogens is 295 g/mol. The molecule has 2 aromatic carbocycles. The molecule has 5 heteroatoms. The lowest BCUT2D eigenvalue weighted by Crippen LogP contribution is -2.29. The largest absolute Gasteiger partial charge is 0.496 e. The number of methoxy groups -OCH3 is 1. The number of hydrogen-bond donors (Lipinski definition) is 2. The van der Waals surface area contributed by atoms with Crippen LogP contribution < -0.4 is 16.0 Å². The summed E-state index contributed by atoms with van der Waals surface area (Å²) in [4.78, 5) is 0. The lowest BCUT2D eigenvalue weighted by molar-refractivity contribution is 0.404. The van der Waals surface area contributed by atoms with Gasteiger partial charge in [-0.05, 0) is 48.4 Å². The van der Waals surface area contributed by atoms with Crippen LogP contribution in [0.15, 0.2) is 36.4 Å². The van der Waals surface area contributed by atoms with Gasteiger partial charge in [-0.2, -0.15) is 0 Å². The summed E-state index contributed by atoms with van der Waals surface area (Å²) in [5.74, 6) is 6.46. The molecule has 106 valence electrons. The smallest absolute Gasteiger partial charge is 0.124 e. The van der Waals surface area contributed by atoms with E-state index in [1.165, 1.54) is 0 Å². The minimum Gasteiger partial charge on any atom is -0.496 e. The Morgan fingerprint density at radius 1 is 1.05 bits per heavy atom. The zero-order valence-electron chi connectivity index (χ0n) is 11.3. The normalized spacial score (nSPS) is 12.2. The van der Waals surface area contributed by atoms with Crippen LogP contribution in [-0.2, 0) is 0 Å². The first-order valence-electron chi connectivity index (χ1n) is 6.12. The van der Waals surface area contributed by atoms with Crippen LogP contribution in [0.4, 0.5) is 0 Å². The number of hydrazine groups is 1. The van der Waals surface area contributed by atoms with E-state index in [9.17, 15) is 0 Å². The highest BCUT2D eigenvalue weighted by molar-refractivity contribution is 6.31. The van der Waals surface area contributed by atoms with Crippen LogP contribution >= 0.6 is 23.2 Å². The van der Waals surface area contributed by atoms with E-state index in [1.54, 1.807) is 13.2 Å². The molecule has 3 N–H and O–H groups in total. The van der Waals surface area contributed by atoms with Gasteiger partial charge in [0.05, 0.1) is 13.2 Å². The summed E-state index contributed by atoms with van der Waals surface area (Å²) in [7, 11) is 1.62. The van der Waals surface area contributed by atoms with E-state index in [4.69, 9.17) is 33.8 Å². The maximum Gasteiger partial charge on any atom is 0.124 e. The molecule has 2 rings (SSSR count). The molecule has 0 fully saturated rings. The van der Waals surface area contributed by atoms with Crippen molar-refractivity contribution in [3.8, 4) is 5.75 Å². The number of halogens is 2. The molecule has 3 nitrogen and oxygen atoms in total. The summed E-state index contributed by atoms with van der Waals surface area (Å²) in [6.45, 7) is 2.01. The summed E-state index contributed by atoms with van der Waals surface area (Å²) in [5.41, 5.74) is 5.75. The van der Waals surface area contributed by atoms with Crippen LogP contribution in [0.3, 0.4) is 0 Å². The number of aryl methyl sites for hydroxylation is 1. The predicted molar refractivity (Wildman–Crippen MR) is 83.4 cm³/mol. The first kappa shape index (κ1) is 15.1. The fourth-order valence-electron chi connectivity index (χ4n) is 2.20. The standard InChI is InChI=1S/C15H16Cl2N2O/c1-9-3-4-10(16)7-12(9)15(19-18)13-8-11(17)5-6-14(13)20-2/h3-8,15,19H,18H2,1-2H3. The van der Waals surface area contributed by atoms with Gasteiger partial charge in [-0.15, -0.1) is 0 Å². The van der Waals surface area contributed by atoms with Gasteiger partial charge < -0.3 is 4.74 Å². The highest BCUT2D eigenvalue weighted by Crippen LogP contribution is 2.34. The molecule has 2 aromatic rings. The molecule has 20 heavy (non-hydrogen) atoms. The topological polar surface area (TPSA) is 47.3 Å². The maximum absolute atomic E-state index is 6.08. The van der Waals surface area contributed by atoms with E-state index >= 15 is 0 Å². The molecule has 0 radical (unpaired) electrons. The van der Waals surface area contributed by atoms with Crippen LogP contribution in [0.1, 0.15) is 22.7 Å². The van der Waals surface area contributed by atoms with Crippen molar-refractivity contribution in [3.05, 3.63) is 63.1 Å². The lowest BCUT2D eigenvalue weighted by atomic mass is 9.95. The van der Waals surface area contributed by atoms with Crippen molar-refractivity contribution in [3.63, 3.8) is 0 Å². The van der Waals surface area contributed by atoms with E-state index in [-0.39, 0.29) is 6.04 Å². The number of benzene rings is 2. The summed E-state index contributed by atoms with van der Waals surface area (Å²) in [6, 6.07) is 10.9. The quantitative estimate of drug-likeness (QED) is 0.666. The number of nitrogens with two attached hydrogens (primary N) is 1. The number of nitrogens with one attached hydrogen (secondary N) is 1. The van der Waals surface area contributed by atoms with Crippen molar-refractivity contribution in [2.45, 2.75) is 13.0 Å². The number of rotatable bonds is 4. The van der Waals surface area contributed by atoms with Crippen molar-refractivity contribution in [2.75, 3.05) is 7.11 Å². The first-order chi connectivity index (χ1) is 9.56. The van der Waals surface area contributed by atoms with Gasteiger partial charge >= 0.3 is 0 Å². The summed E-state index contributed by atoms with van der Waals surface area (Å²) >= 11 is 12.2. The minimum atomic E-state index is -0.248. The third-order valence-corrected chi connectivity index (χ3v) is 3.69. The second-order valence-electron chi connectivity index (χ2n) is 4.49. The Morgan fingerprint density at radius 3 is 2.25 bits per heavy atom. The molecule has 0 amide bonds. The Morgan fingerprint density at radius 2 is 1.65 bits per heavy atom. The van der Waals surface area contributed by atoms with Gasteiger partial charge in [0.25, 0.3) is 0 Å². The van der Waals surface area contributed by atoms with Gasteiger partial charge in [-0.1, -0.05) is 29.3 Å². The van der Waals surface area contributed by atoms with Crippen LogP contribution in [0.2, 0.25) is 10.0 Å². The second-order valence-corrected chi connectivity index (χ2v) is 5.36. The molecule has 1 atom stereocenters. The highest BCUT2D eigenvalue weighted by atomic mass is 35.5. The average Bonchev–Trinajstić information content (AvgIpc) is 2.44. The van der Waals surface area contributed by atoms with E-state index in [0.717, 1.165) is 22.4 Å². The molecule has 0 aliphatic rings. The molecule has 0 heterocycles. The predicted octanol–water partition coefficient (Wildman–Crippen LogP) is 3.86. The Labute approximate surface area is 128 Å². The van der Waals surface area contributed by atoms with Gasteiger partial charge in [-0.25, -0.2) is 5.43 Å². The molecule has 1 unspecified atom stereocenters. The molecule has 0 saturated heterocycles. The van der Waals surface area contributed by atoms with E-state index < -0.39 is 0 Å². The first-order valence-corrected chi connectivity index (χ1v) is 6.88. The Bertz CT molecular complexity index is 617. The van der Waals surface area contributed by atoms with Crippen LogP contribution in [0, 0.1) is 6.92 Å². The van der Waals surface area contributed by atoms with Gasteiger partial charge in [0.1, 0.15) is 5.75 Å². The van der Waals surface area contributed by atoms with Gasteiger partial charge in [0, 0.05) is 15.6 Å². The van der Waals surface area contributed by atoms with Crippen LogP contribution in [-0.4, -0.2) is 7.11 Å². The summed E-state index contributed by atoms with van der Waals surface area (Å²) in [5, 5.41) is 1.28. The number of hydrogen-bond acceptors (Lipinski definition) is 3. The van der Waals surface area contributed by atoms with Crippen molar-refractivity contribution in [1.29, 1.82) is 0 Å². The Balaban J connectivity index is 2.57. The Hall–Kier alpha value is -1.26. The van der Waals surface area contributed by atoms with Crippen molar-refractivity contribution >= 4 is 23.2 Å². The van der Waals surface area contributed by atoms with Crippen molar-refractivity contribution in [1.82, 2.24) is 5.43 Å². The highest BCUT2D eigenvalue weighted by Gasteiger charge is 2.19.